The largest absolute Gasteiger partial charge is 0.500 e. The van der Waals surface area contributed by atoms with Gasteiger partial charge in [0, 0.05) is 40.6 Å². The van der Waals surface area contributed by atoms with Crippen molar-refractivity contribution in [3.63, 3.8) is 0 Å². The Morgan fingerprint density at radius 1 is 1.00 bits per heavy atom. The van der Waals surface area contributed by atoms with Crippen molar-refractivity contribution in [2.45, 2.75) is 18.9 Å². The zero-order valence-corrected chi connectivity index (χ0v) is 11.9. The summed E-state index contributed by atoms with van der Waals surface area (Å²) in [6.45, 7) is 0.372. The molecule has 0 aliphatic rings. The van der Waals surface area contributed by atoms with Crippen LogP contribution in [0.2, 0.25) is 6.04 Å². The molecule has 17 heavy (non-hydrogen) atoms. The van der Waals surface area contributed by atoms with Gasteiger partial charge in [-0.1, -0.05) is 0 Å². The first kappa shape index (κ1) is 17.0. The van der Waals surface area contributed by atoms with Gasteiger partial charge in [-0.05, 0) is 24.8 Å². The normalized spacial score (nSPS) is 13.1. The van der Waals surface area contributed by atoms with Crippen LogP contribution in [0.25, 0.3) is 0 Å². The molecule has 6 nitrogen and oxygen atoms in total. The predicted molar refractivity (Wildman–Crippen MR) is 66.5 cm³/mol. The lowest BCUT2D eigenvalue weighted by Gasteiger charge is -2.37. The number of aliphatic hydroxyl groups is 2. The van der Waals surface area contributed by atoms with Crippen LogP contribution in [0.5, 0.6) is 0 Å². The van der Waals surface area contributed by atoms with Crippen molar-refractivity contribution in [3.8, 4) is 0 Å². The lowest BCUT2D eigenvalue weighted by Crippen LogP contribution is -2.50. The van der Waals surface area contributed by atoms with Crippen LogP contribution in [0.4, 0.5) is 0 Å². The highest BCUT2D eigenvalue weighted by Crippen LogP contribution is 2.35. The molecule has 0 amide bonds. The van der Waals surface area contributed by atoms with E-state index in [1.54, 1.807) is 21.3 Å². The van der Waals surface area contributed by atoms with E-state index in [-0.39, 0.29) is 13.2 Å². The minimum atomic E-state index is -2.75. The van der Waals surface area contributed by atoms with Crippen molar-refractivity contribution in [3.05, 3.63) is 0 Å². The average Bonchev–Trinajstić information content (AvgIpc) is 2.36. The number of nitrogens with two attached hydrogens (primary N) is 1. The maximum atomic E-state index is 9.13. The van der Waals surface area contributed by atoms with Gasteiger partial charge in [-0.25, -0.2) is 0 Å². The Kier molecular flexibility index (Phi) is 8.13. The molecule has 0 atom stereocenters. The predicted octanol–water partition coefficient (Wildman–Crippen LogP) is -0.426. The molecule has 0 aliphatic heterocycles. The number of hydrogen-bond donors (Lipinski definition) is 3. The van der Waals surface area contributed by atoms with E-state index < -0.39 is 14.2 Å². The standard InChI is InChI=1S/C10H25NO5Si/c1-14-17(15-2,16-3)9-10(8-11,4-6-12)5-7-13/h12-13H,4-9,11H2,1-3H3. The molecule has 0 saturated heterocycles. The van der Waals surface area contributed by atoms with Crippen molar-refractivity contribution >= 4 is 8.80 Å². The minimum Gasteiger partial charge on any atom is -0.396 e. The first-order valence-electron chi connectivity index (χ1n) is 5.65. The van der Waals surface area contributed by atoms with Crippen LogP contribution in [0.15, 0.2) is 0 Å². The summed E-state index contributed by atoms with van der Waals surface area (Å²) in [6.07, 6.45) is 0.990. The van der Waals surface area contributed by atoms with E-state index in [1.807, 2.05) is 0 Å². The van der Waals surface area contributed by atoms with Gasteiger partial charge in [0.05, 0.1) is 0 Å². The third kappa shape index (κ3) is 4.63. The first-order valence-corrected chi connectivity index (χ1v) is 7.58. The minimum absolute atomic E-state index is 0.0127. The van der Waals surface area contributed by atoms with E-state index in [1.165, 1.54) is 0 Å². The summed E-state index contributed by atoms with van der Waals surface area (Å²) in [6, 6.07) is 0.487. The molecular formula is C10H25NO5Si. The summed E-state index contributed by atoms with van der Waals surface area (Å²) < 4.78 is 16.1. The van der Waals surface area contributed by atoms with Crippen molar-refractivity contribution < 1.29 is 23.5 Å². The summed E-state index contributed by atoms with van der Waals surface area (Å²) >= 11 is 0. The lowest BCUT2D eigenvalue weighted by atomic mass is 9.84. The van der Waals surface area contributed by atoms with E-state index in [4.69, 9.17) is 29.2 Å². The van der Waals surface area contributed by atoms with E-state index >= 15 is 0 Å². The second-order valence-corrected chi connectivity index (χ2v) is 7.07. The molecule has 0 aromatic rings. The van der Waals surface area contributed by atoms with Crippen LogP contribution in [-0.4, -0.2) is 60.1 Å². The summed E-state index contributed by atoms with van der Waals surface area (Å²) in [7, 11) is 1.87. The maximum absolute atomic E-state index is 9.13. The maximum Gasteiger partial charge on any atom is 0.500 e. The van der Waals surface area contributed by atoms with Crippen LogP contribution in [0.1, 0.15) is 12.8 Å². The fourth-order valence-electron chi connectivity index (χ4n) is 1.98. The van der Waals surface area contributed by atoms with Crippen LogP contribution in [0.3, 0.4) is 0 Å². The van der Waals surface area contributed by atoms with Gasteiger partial charge in [0.2, 0.25) is 0 Å². The van der Waals surface area contributed by atoms with Gasteiger partial charge in [-0.3, -0.25) is 0 Å². The van der Waals surface area contributed by atoms with E-state index in [0.717, 1.165) is 0 Å². The molecule has 0 aliphatic carbocycles. The molecule has 0 spiro atoms. The highest BCUT2D eigenvalue weighted by molar-refractivity contribution is 6.60. The van der Waals surface area contributed by atoms with E-state index in [9.17, 15) is 0 Å². The molecule has 0 rings (SSSR count). The van der Waals surface area contributed by atoms with Crippen molar-refractivity contribution in [2.24, 2.45) is 11.1 Å². The fraction of sp³-hybridized carbons (Fsp3) is 1.00. The molecule has 104 valence electrons. The molecule has 0 aromatic carbocycles. The molecule has 0 aromatic heterocycles. The Morgan fingerprint density at radius 3 is 1.65 bits per heavy atom. The Bertz CT molecular complexity index is 187. The quantitative estimate of drug-likeness (QED) is 0.465. The summed E-state index contributed by atoms with van der Waals surface area (Å²) in [4.78, 5) is 0. The number of rotatable bonds is 10. The molecule has 0 fully saturated rings. The van der Waals surface area contributed by atoms with Crippen LogP contribution in [-0.2, 0) is 13.3 Å². The summed E-state index contributed by atoms with van der Waals surface area (Å²) in [5.74, 6) is 0. The summed E-state index contributed by atoms with van der Waals surface area (Å²) in [5.41, 5.74) is 5.38. The third-order valence-corrected chi connectivity index (χ3v) is 6.29. The molecule has 0 saturated carbocycles. The van der Waals surface area contributed by atoms with Gasteiger partial charge in [-0.15, -0.1) is 0 Å². The van der Waals surface area contributed by atoms with Crippen LogP contribution in [0, 0.1) is 5.41 Å². The molecule has 7 heteroatoms. The highest BCUT2D eigenvalue weighted by Gasteiger charge is 2.46. The van der Waals surface area contributed by atoms with Gasteiger partial charge >= 0.3 is 8.80 Å². The molecule has 4 N–H and O–H groups in total. The Hall–Kier alpha value is -0.0231. The zero-order chi connectivity index (χ0) is 13.4. The zero-order valence-electron chi connectivity index (χ0n) is 10.9. The Labute approximate surface area is 104 Å². The molecular weight excluding hydrogens is 242 g/mol. The number of hydrogen-bond acceptors (Lipinski definition) is 6. The molecule has 0 bridgehead atoms. The highest BCUT2D eigenvalue weighted by atomic mass is 28.4. The smallest absolute Gasteiger partial charge is 0.396 e. The Morgan fingerprint density at radius 2 is 1.41 bits per heavy atom. The molecule has 0 radical (unpaired) electrons. The SMILES string of the molecule is CO[Si](CC(CN)(CCO)CCO)(OC)OC. The molecule has 0 heterocycles. The summed E-state index contributed by atoms with van der Waals surface area (Å²) in [5, 5.41) is 18.3. The molecule has 0 unspecified atom stereocenters. The van der Waals surface area contributed by atoms with E-state index in [2.05, 4.69) is 0 Å². The van der Waals surface area contributed by atoms with Crippen molar-refractivity contribution in [1.29, 1.82) is 0 Å². The third-order valence-electron chi connectivity index (χ3n) is 3.24. The number of aliphatic hydroxyl groups excluding tert-OH is 2. The topological polar surface area (TPSA) is 94.2 Å². The van der Waals surface area contributed by atoms with Crippen LogP contribution >= 0.6 is 0 Å². The lowest BCUT2D eigenvalue weighted by molar-refractivity contribution is 0.0871. The van der Waals surface area contributed by atoms with E-state index in [0.29, 0.717) is 25.4 Å². The van der Waals surface area contributed by atoms with Crippen LogP contribution < -0.4 is 5.73 Å². The van der Waals surface area contributed by atoms with Gasteiger partial charge in [0.15, 0.2) is 0 Å². The van der Waals surface area contributed by atoms with Crippen molar-refractivity contribution in [2.75, 3.05) is 41.1 Å². The Balaban J connectivity index is 4.91. The second kappa shape index (κ2) is 8.14. The monoisotopic (exact) mass is 267 g/mol. The van der Waals surface area contributed by atoms with Crippen molar-refractivity contribution in [1.82, 2.24) is 0 Å². The van der Waals surface area contributed by atoms with Gasteiger partial charge in [0.25, 0.3) is 0 Å². The van der Waals surface area contributed by atoms with Gasteiger partial charge in [-0.2, -0.15) is 0 Å². The van der Waals surface area contributed by atoms with Gasteiger partial charge in [0.1, 0.15) is 0 Å². The first-order chi connectivity index (χ1) is 8.07. The second-order valence-electron chi connectivity index (χ2n) is 4.12. The average molecular weight is 267 g/mol. The fourth-order valence-corrected chi connectivity index (χ4v) is 4.33. The van der Waals surface area contributed by atoms with Gasteiger partial charge < -0.3 is 29.2 Å².